The lowest BCUT2D eigenvalue weighted by Gasteiger charge is -2.08. The summed E-state index contributed by atoms with van der Waals surface area (Å²) in [5.74, 6) is 0.988. The Bertz CT molecular complexity index is 1020. The third-order valence-corrected chi connectivity index (χ3v) is 4.02. The van der Waals surface area contributed by atoms with Gasteiger partial charge in [-0.3, -0.25) is 4.68 Å². The first-order chi connectivity index (χ1) is 12.2. The fourth-order valence-electron chi connectivity index (χ4n) is 2.86. The number of benzene rings is 2. The van der Waals surface area contributed by atoms with E-state index in [4.69, 9.17) is 5.73 Å². The van der Waals surface area contributed by atoms with Gasteiger partial charge in [0.25, 0.3) is 0 Å². The van der Waals surface area contributed by atoms with Crippen LogP contribution >= 0.6 is 0 Å². The molecule has 4 rings (SSSR count). The number of rotatable bonds is 4. The van der Waals surface area contributed by atoms with Gasteiger partial charge in [-0.1, -0.05) is 42.5 Å². The molecule has 2 aromatic heterocycles. The van der Waals surface area contributed by atoms with Crippen molar-refractivity contribution < 1.29 is 0 Å². The van der Waals surface area contributed by atoms with E-state index in [1.807, 2.05) is 60.4 Å². The molecule has 0 fully saturated rings. The van der Waals surface area contributed by atoms with Crippen molar-refractivity contribution >= 4 is 22.7 Å². The zero-order chi connectivity index (χ0) is 17.2. The number of nitrogens with two attached hydrogens (primary N) is 1. The van der Waals surface area contributed by atoms with Crippen LogP contribution in [0.5, 0.6) is 0 Å². The Morgan fingerprint density at radius 2 is 1.76 bits per heavy atom. The number of fused-ring (bicyclic) bond motifs is 1. The van der Waals surface area contributed by atoms with Crippen LogP contribution in [0.4, 0.5) is 11.8 Å². The number of para-hydroxylation sites is 1. The van der Waals surface area contributed by atoms with Crippen LogP contribution in [-0.4, -0.2) is 19.7 Å². The number of aryl methyl sites for hydroxylation is 1. The summed E-state index contributed by atoms with van der Waals surface area (Å²) in [6, 6.07) is 17.8. The molecule has 0 radical (unpaired) electrons. The third kappa shape index (κ3) is 3.01. The maximum Gasteiger partial charge on any atom is 0.225 e. The predicted octanol–water partition coefficient (Wildman–Crippen LogP) is 3.22. The zero-order valence-corrected chi connectivity index (χ0v) is 13.8. The lowest BCUT2D eigenvalue weighted by atomic mass is 10.1. The fraction of sp³-hybridized carbons (Fsp3) is 0.105. The van der Waals surface area contributed by atoms with E-state index in [9.17, 15) is 0 Å². The summed E-state index contributed by atoms with van der Waals surface area (Å²) in [7, 11) is 1.92. The summed E-state index contributed by atoms with van der Waals surface area (Å²) >= 11 is 0. The molecule has 0 bridgehead atoms. The second-order valence-corrected chi connectivity index (χ2v) is 5.85. The topological polar surface area (TPSA) is 81.7 Å². The number of aromatic nitrogens is 4. The molecule has 4 aromatic rings. The van der Waals surface area contributed by atoms with E-state index in [0.29, 0.717) is 18.3 Å². The first-order valence-electron chi connectivity index (χ1n) is 8.05. The molecule has 6 heteroatoms. The first kappa shape index (κ1) is 15.1. The van der Waals surface area contributed by atoms with Gasteiger partial charge in [0.2, 0.25) is 5.95 Å². The summed E-state index contributed by atoms with van der Waals surface area (Å²) in [6.07, 6.45) is 2.00. The number of hydrogen-bond donors (Lipinski definition) is 2. The number of nitrogens with one attached hydrogen (secondary N) is 1. The Hall–Kier alpha value is -3.41. The van der Waals surface area contributed by atoms with E-state index in [2.05, 4.69) is 32.5 Å². The molecule has 0 unspecified atom stereocenters. The van der Waals surface area contributed by atoms with Crippen molar-refractivity contribution in [2.75, 3.05) is 11.1 Å². The third-order valence-electron chi connectivity index (χ3n) is 4.02. The van der Waals surface area contributed by atoms with Gasteiger partial charge in [0.05, 0.1) is 11.2 Å². The van der Waals surface area contributed by atoms with Crippen molar-refractivity contribution in [3.05, 3.63) is 66.4 Å². The molecule has 0 atom stereocenters. The quantitative estimate of drug-likeness (QED) is 0.600. The molecule has 6 nitrogen and oxygen atoms in total. The standard InChI is InChI=1S/C19H18N6/c1-25-12-14(17(24-25)13-7-3-2-4-8-13)11-21-19-22-16-10-6-5-9-15(16)18(20)23-19/h2-10,12H,11H2,1H3,(H3,20,21,22,23). The number of anilines is 2. The average molecular weight is 330 g/mol. The molecule has 0 aliphatic carbocycles. The molecule has 0 saturated heterocycles. The normalized spacial score (nSPS) is 10.9. The first-order valence-corrected chi connectivity index (χ1v) is 8.05. The molecule has 0 aliphatic rings. The molecule has 2 aromatic carbocycles. The van der Waals surface area contributed by atoms with Crippen LogP contribution in [-0.2, 0) is 13.6 Å². The lowest BCUT2D eigenvalue weighted by Crippen LogP contribution is -2.06. The van der Waals surface area contributed by atoms with Crippen LogP contribution in [0.2, 0.25) is 0 Å². The highest BCUT2D eigenvalue weighted by molar-refractivity contribution is 5.88. The van der Waals surface area contributed by atoms with Gasteiger partial charge in [-0.15, -0.1) is 0 Å². The van der Waals surface area contributed by atoms with Crippen LogP contribution in [0.3, 0.4) is 0 Å². The number of nitrogens with zero attached hydrogens (tertiary/aromatic N) is 4. The smallest absolute Gasteiger partial charge is 0.225 e. The van der Waals surface area contributed by atoms with Crippen molar-refractivity contribution in [2.24, 2.45) is 7.05 Å². The SMILES string of the molecule is Cn1cc(CNc2nc(N)c3ccccc3n2)c(-c2ccccc2)n1. The largest absolute Gasteiger partial charge is 0.383 e. The average Bonchev–Trinajstić information content (AvgIpc) is 3.01. The maximum atomic E-state index is 6.04. The van der Waals surface area contributed by atoms with Crippen LogP contribution in [0, 0.1) is 0 Å². The molecular formula is C19H18N6. The van der Waals surface area contributed by atoms with Gasteiger partial charge in [0, 0.05) is 36.3 Å². The number of nitrogen functional groups attached to an aromatic ring is 1. The monoisotopic (exact) mass is 330 g/mol. The van der Waals surface area contributed by atoms with Crippen LogP contribution < -0.4 is 11.1 Å². The van der Waals surface area contributed by atoms with Gasteiger partial charge in [0.1, 0.15) is 5.82 Å². The van der Waals surface area contributed by atoms with E-state index < -0.39 is 0 Å². The van der Waals surface area contributed by atoms with Gasteiger partial charge in [0.15, 0.2) is 0 Å². The van der Waals surface area contributed by atoms with Crippen molar-refractivity contribution in [3.63, 3.8) is 0 Å². The van der Waals surface area contributed by atoms with E-state index in [-0.39, 0.29) is 0 Å². The van der Waals surface area contributed by atoms with Gasteiger partial charge in [-0.2, -0.15) is 10.1 Å². The molecular weight excluding hydrogens is 312 g/mol. The van der Waals surface area contributed by atoms with Crippen LogP contribution in [0.1, 0.15) is 5.56 Å². The Kier molecular flexibility index (Phi) is 3.78. The predicted molar refractivity (Wildman–Crippen MR) is 99.9 cm³/mol. The Morgan fingerprint density at radius 3 is 2.60 bits per heavy atom. The van der Waals surface area contributed by atoms with Gasteiger partial charge in [-0.05, 0) is 12.1 Å². The van der Waals surface area contributed by atoms with Crippen LogP contribution in [0.15, 0.2) is 60.8 Å². The van der Waals surface area contributed by atoms with Gasteiger partial charge in [-0.25, -0.2) is 4.98 Å². The summed E-state index contributed by atoms with van der Waals surface area (Å²) < 4.78 is 1.81. The minimum Gasteiger partial charge on any atom is -0.383 e. The highest BCUT2D eigenvalue weighted by Gasteiger charge is 2.11. The highest BCUT2D eigenvalue weighted by Crippen LogP contribution is 2.23. The highest BCUT2D eigenvalue weighted by atomic mass is 15.3. The second kappa shape index (κ2) is 6.24. The van der Waals surface area contributed by atoms with E-state index in [1.165, 1.54) is 0 Å². The Balaban J connectivity index is 1.62. The minimum atomic E-state index is 0.475. The van der Waals surface area contributed by atoms with Crippen molar-refractivity contribution in [1.29, 1.82) is 0 Å². The zero-order valence-electron chi connectivity index (χ0n) is 13.8. The summed E-state index contributed by atoms with van der Waals surface area (Å²) in [5, 5.41) is 8.69. The second-order valence-electron chi connectivity index (χ2n) is 5.85. The lowest BCUT2D eigenvalue weighted by molar-refractivity contribution is 0.770. The van der Waals surface area contributed by atoms with Gasteiger partial charge < -0.3 is 11.1 Å². The minimum absolute atomic E-state index is 0.475. The molecule has 25 heavy (non-hydrogen) atoms. The van der Waals surface area contributed by atoms with E-state index >= 15 is 0 Å². The molecule has 0 spiro atoms. The molecule has 2 heterocycles. The van der Waals surface area contributed by atoms with Crippen molar-refractivity contribution in [2.45, 2.75) is 6.54 Å². The summed E-state index contributed by atoms with van der Waals surface area (Å²) in [4.78, 5) is 8.88. The Labute approximate surface area is 145 Å². The van der Waals surface area contributed by atoms with E-state index in [0.717, 1.165) is 27.7 Å². The van der Waals surface area contributed by atoms with Crippen molar-refractivity contribution in [1.82, 2.24) is 19.7 Å². The summed E-state index contributed by atoms with van der Waals surface area (Å²) in [5.41, 5.74) is 9.97. The Morgan fingerprint density at radius 1 is 1.00 bits per heavy atom. The molecule has 0 amide bonds. The van der Waals surface area contributed by atoms with Gasteiger partial charge >= 0.3 is 0 Å². The number of hydrogen-bond acceptors (Lipinski definition) is 5. The maximum absolute atomic E-state index is 6.04. The fourth-order valence-corrected chi connectivity index (χ4v) is 2.86. The molecule has 124 valence electrons. The van der Waals surface area contributed by atoms with E-state index in [1.54, 1.807) is 0 Å². The van der Waals surface area contributed by atoms with Crippen molar-refractivity contribution in [3.8, 4) is 11.3 Å². The van der Waals surface area contributed by atoms with Crippen LogP contribution in [0.25, 0.3) is 22.2 Å². The molecule has 3 N–H and O–H groups in total. The molecule has 0 saturated carbocycles. The molecule has 0 aliphatic heterocycles. The summed E-state index contributed by atoms with van der Waals surface area (Å²) in [6.45, 7) is 0.565.